The molecule has 0 saturated heterocycles. The summed E-state index contributed by atoms with van der Waals surface area (Å²) in [4.78, 5) is 30.9. The molecule has 0 radical (unpaired) electrons. The largest absolute Gasteiger partial charge is 0.468 e. The Labute approximate surface area is 201 Å². The van der Waals surface area contributed by atoms with E-state index in [4.69, 9.17) is 14.8 Å². The molecule has 1 aromatic carbocycles. The highest BCUT2D eigenvalue weighted by Gasteiger charge is 2.41. The number of carbonyl (C=O) groups is 1. The number of hydrogen-bond donors (Lipinski definition) is 0. The molecular weight excluding hydrogens is 447 g/mol. The Morgan fingerprint density at radius 3 is 2.69 bits per heavy atom. The van der Waals surface area contributed by atoms with E-state index in [0.29, 0.717) is 34.1 Å². The van der Waals surface area contributed by atoms with Crippen LogP contribution in [-0.2, 0) is 21.5 Å². The number of aromatic nitrogens is 5. The lowest BCUT2D eigenvalue weighted by molar-refractivity contribution is -0.146. The average Bonchev–Trinajstić information content (AvgIpc) is 3.66. The van der Waals surface area contributed by atoms with Crippen LogP contribution in [0.4, 0.5) is 10.2 Å². The summed E-state index contributed by atoms with van der Waals surface area (Å²) in [5.41, 5.74) is 1.98. The van der Waals surface area contributed by atoms with Crippen molar-refractivity contribution in [3.05, 3.63) is 65.2 Å². The van der Waals surface area contributed by atoms with Gasteiger partial charge in [0.25, 0.3) is 0 Å². The summed E-state index contributed by atoms with van der Waals surface area (Å²) in [7, 11) is 1.36. The van der Waals surface area contributed by atoms with Crippen LogP contribution in [0.1, 0.15) is 49.4 Å². The molecule has 8 nitrogen and oxygen atoms in total. The van der Waals surface area contributed by atoms with Gasteiger partial charge in [0.15, 0.2) is 17.3 Å². The molecule has 1 fully saturated rings. The van der Waals surface area contributed by atoms with Crippen LogP contribution >= 0.6 is 0 Å². The Hall–Kier alpha value is -4.01. The van der Waals surface area contributed by atoms with Crippen molar-refractivity contribution in [2.24, 2.45) is 4.99 Å². The molecule has 0 atom stereocenters. The van der Waals surface area contributed by atoms with Gasteiger partial charge in [0, 0.05) is 23.2 Å². The molecule has 4 aromatic rings. The first-order chi connectivity index (χ1) is 16.8. The van der Waals surface area contributed by atoms with Crippen LogP contribution < -0.4 is 0 Å². The summed E-state index contributed by atoms with van der Waals surface area (Å²) in [5, 5.41) is 5.48. The van der Waals surface area contributed by atoms with Crippen LogP contribution in [-0.4, -0.2) is 44.5 Å². The van der Waals surface area contributed by atoms with Gasteiger partial charge in [-0.05, 0) is 51.6 Å². The Kier molecular flexibility index (Phi) is 5.62. The summed E-state index contributed by atoms with van der Waals surface area (Å²) in [6, 6.07) is 10.3. The maximum absolute atomic E-state index is 14.4. The quantitative estimate of drug-likeness (QED) is 0.285. The molecule has 0 unspecified atom stereocenters. The minimum atomic E-state index is -1.00. The van der Waals surface area contributed by atoms with Crippen LogP contribution in [0.15, 0.2) is 47.6 Å². The third kappa shape index (κ3) is 3.96. The Morgan fingerprint density at radius 2 is 2.00 bits per heavy atom. The van der Waals surface area contributed by atoms with Crippen LogP contribution in [0.3, 0.4) is 0 Å². The van der Waals surface area contributed by atoms with E-state index >= 15 is 0 Å². The predicted octanol–water partition coefficient (Wildman–Crippen LogP) is 4.74. The first kappa shape index (κ1) is 22.8. The molecule has 3 aromatic heterocycles. The van der Waals surface area contributed by atoms with Crippen molar-refractivity contribution < 1.29 is 13.9 Å². The van der Waals surface area contributed by atoms with E-state index in [1.807, 2.05) is 12.1 Å². The molecule has 9 heteroatoms. The van der Waals surface area contributed by atoms with E-state index in [1.165, 1.54) is 13.2 Å². The highest BCUT2D eigenvalue weighted by atomic mass is 19.1. The van der Waals surface area contributed by atoms with E-state index in [9.17, 15) is 9.18 Å². The van der Waals surface area contributed by atoms with Crippen molar-refractivity contribution in [2.75, 3.05) is 7.11 Å². The van der Waals surface area contributed by atoms with E-state index < -0.39 is 11.4 Å². The van der Waals surface area contributed by atoms with Gasteiger partial charge in [0.1, 0.15) is 11.5 Å². The van der Waals surface area contributed by atoms with Gasteiger partial charge in [0.2, 0.25) is 0 Å². The van der Waals surface area contributed by atoms with Crippen molar-refractivity contribution in [3.8, 4) is 11.5 Å². The minimum Gasteiger partial charge on any atom is -0.468 e. The summed E-state index contributed by atoms with van der Waals surface area (Å²) >= 11 is 0. The predicted molar refractivity (Wildman–Crippen MR) is 130 cm³/mol. The number of benzene rings is 1. The lowest BCUT2D eigenvalue weighted by atomic mass is 9.82. The van der Waals surface area contributed by atoms with Crippen molar-refractivity contribution in [1.82, 2.24) is 24.7 Å². The van der Waals surface area contributed by atoms with Crippen LogP contribution in [0.5, 0.6) is 0 Å². The summed E-state index contributed by atoms with van der Waals surface area (Å²) in [6.45, 7) is 7.47. The molecule has 1 aliphatic carbocycles. The fourth-order valence-electron chi connectivity index (χ4n) is 4.37. The zero-order valence-corrected chi connectivity index (χ0v) is 19.8. The number of nitrogens with zero attached hydrogens (tertiary/aromatic N) is 6. The van der Waals surface area contributed by atoms with Gasteiger partial charge >= 0.3 is 5.97 Å². The average molecular weight is 473 g/mol. The minimum absolute atomic E-state index is 0.195. The van der Waals surface area contributed by atoms with Gasteiger partial charge in [-0.3, -0.25) is 4.79 Å². The molecule has 178 valence electrons. The number of ether oxygens (including phenoxy) is 1. The maximum Gasteiger partial charge on any atom is 0.315 e. The maximum atomic E-state index is 14.4. The van der Waals surface area contributed by atoms with Crippen molar-refractivity contribution >= 4 is 29.5 Å². The Morgan fingerprint density at radius 1 is 1.23 bits per heavy atom. The smallest absolute Gasteiger partial charge is 0.315 e. The first-order valence-electron chi connectivity index (χ1n) is 11.4. The summed E-state index contributed by atoms with van der Waals surface area (Å²) in [5.74, 6) is 0.177. The van der Waals surface area contributed by atoms with E-state index in [0.717, 1.165) is 23.9 Å². The highest BCUT2D eigenvalue weighted by Crippen LogP contribution is 2.47. The number of halogens is 1. The molecule has 1 saturated carbocycles. The Balaban J connectivity index is 1.69. The number of pyridine rings is 1. The Bertz CT molecular complexity index is 1460. The molecule has 1 aliphatic rings. The molecule has 5 rings (SSSR count). The van der Waals surface area contributed by atoms with Gasteiger partial charge < -0.3 is 4.74 Å². The zero-order chi connectivity index (χ0) is 24.7. The first-order valence-corrected chi connectivity index (χ1v) is 11.4. The number of methoxy groups -OCH3 is 1. The number of hydrogen-bond acceptors (Lipinski definition) is 7. The van der Waals surface area contributed by atoms with Crippen LogP contribution in [0.25, 0.3) is 22.6 Å². The second-order valence-corrected chi connectivity index (χ2v) is 9.15. The topological polar surface area (TPSA) is 95.1 Å². The molecule has 0 aliphatic heterocycles. The molecule has 0 amide bonds. The van der Waals surface area contributed by atoms with E-state index in [1.54, 1.807) is 42.9 Å². The van der Waals surface area contributed by atoms with Crippen LogP contribution in [0.2, 0.25) is 0 Å². The molecular formula is C26H25FN6O2. The molecule has 0 bridgehead atoms. The number of esters is 1. The third-order valence-electron chi connectivity index (χ3n) is 6.35. The highest BCUT2D eigenvalue weighted by molar-refractivity contribution is 5.90. The lowest BCUT2D eigenvalue weighted by Gasteiger charge is -2.25. The number of rotatable bonds is 7. The second kappa shape index (κ2) is 8.65. The fraction of sp³-hybridized carbons (Fsp3) is 0.308. The third-order valence-corrected chi connectivity index (χ3v) is 6.35. The van der Waals surface area contributed by atoms with Crippen molar-refractivity contribution in [3.63, 3.8) is 0 Å². The van der Waals surface area contributed by atoms with Crippen molar-refractivity contribution in [2.45, 2.75) is 44.6 Å². The van der Waals surface area contributed by atoms with Gasteiger partial charge in [0.05, 0.1) is 30.1 Å². The molecule has 35 heavy (non-hydrogen) atoms. The second-order valence-electron chi connectivity index (χ2n) is 9.15. The van der Waals surface area contributed by atoms with Gasteiger partial charge in [-0.15, -0.1) is 0 Å². The zero-order valence-electron chi connectivity index (χ0n) is 19.8. The molecule has 0 spiro atoms. The van der Waals surface area contributed by atoms with Crippen molar-refractivity contribution in [1.29, 1.82) is 0 Å². The SMILES string of the molecule is C=Nc1nc(-c2nn(Cc3ccccc3F)c3ncccc23)nc(C2CC2)c1C(C)(C)C(=O)OC. The molecule has 0 N–H and O–H groups in total. The molecule has 3 heterocycles. The number of aliphatic imine (C=N–C) groups is 1. The monoisotopic (exact) mass is 472 g/mol. The van der Waals surface area contributed by atoms with Gasteiger partial charge in [-0.25, -0.2) is 29.0 Å². The lowest BCUT2D eigenvalue weighted by Crippen LogP contribution is -2.32. The van der Waals surface area contributed by atoms with E-state index in [2.05, 4.69) is 21.7 Å². The van der Waals surface area contributed by atoms with Gasteiger partial charge in [-0.2, -0.15) is 5.10 Å². The normalized spacial score (nSPS) is 13.7. The summed E-state index contributed by atoms with van der Waals surface area (Å²) < 4.78 is 21.1. The van der Waals surface area contributed by atoms with Crippen LogP contribution in [0, 0.1) is 5.82 Å². The van der Waals surface area contributed by atoms with Gasteiger partial charge in [-0.1, -0.05) is 18.2 Å². The van der Waals surface area contributed by atoms with E-state index in [-0.39, 0.29) is 18.3 Å². The fourth-order valence-corrected chi connectivity index (χ4v) is 4.37. The number of fused-ring (bicyclic) bond motifs is 1. The summed E-state index contributed by atoms with van der Waals surface area (Å²) in [6.07, 6.45) is 3.59. The number of carbonyl (C=O) groups excluding carboxylic acids is 1. The standard InChI is InChI=1S/C26H25FN6O2/c1-26(2,25(34)35-4)19-20(15-11-12-15)30-23(31-22(19)28-3)21-17-9-7-13-29-24(17)33(32-21)14-16-8-5-6-10-18(16)27/h5-10,13,15H,3,11-12,14H2,1-2,4H3.